The predicted molar refractivity (Wildman–Crippen MR) is 65.8 cm³/mol. The van der Waals surface area contributed by atoms with Crippen LogP contribution in [0.5, 0.6) is 5.75 Å². The molecule has 0 radical (unpaired) electrons. The summed E-state index contributed by atoms with van der Waals surface area (Å²) >= 11 is 4.15. The van der Waals surface area contributed by atoms with Gasteiger partial charge in [-0.3, -0.25) is 0 Å². The van der Waals surface area contributed by atoms with Crippen molar-refractivity contribution in [3.63, 3.8) is 0 Å². The minimum absolute atomic E-state index is 0.946. The Bertz CT molecular complexity index is 447. The lowest BCUT2D eigenvalue weighted by molar-refractivity contribution is 0.415. The molecule has 0 unspecified atom stereocenters. The highest BCUT2D eigenvalue weighted by Gasteiger charge is 2.05. The molecule has 0 saturated heterocycles. The molecule has 68 valence electrons. The lowest BCUT2D eigenvalue weighted by Crippen LogP contribution is -1.83. The average Bonchev–Trinajstić information content (AvgIpc) is 2.48. The van der Waals surface area contributed by atoms with E-state index in [-0.39, 0.29) is 0 Å². The number of halogens is 1. The highest BCUT2D eigenvalue weighted by molar-refractivity contribution is 14.1. The Kier molecular flexibility index (Phi) is 2.47. The average molecular weight is 304 g/mol. The van der Waals surface area contributed by atoms with Crippen molar-refractivity contribution in [3.8, 4) is 5.75 Å². The first-order valence-corrected chi connectivity index (χ1v) is 5.89. The Balaban J connectivity index is 2.80. The Morgan fingerprint density at radius 2 is 2.15 bits per heavy atom. The topological polar surface area (TPSA) is 9.23 Å². The molecule has 1 nitrogen and oxygen atoms in total. The molecule has 0 atom stereocenters. The first-order valence-electron chi connectivity index (χ1n) is 3.93. The zero-order chi connectivity index (χ0) is 9.42. The molecule has 1 aromatic carbocycles. The van der Waals surface area contributed by atoms with E-state index in [0.29, 0.717) is 0 Å². The maximum Gasteiger partial charge on any atom is 0.119 e. The first kappa shape index (κ1) is 9.27. The minimum Gasteiger partial charge on any atom is -0.497 e. The van der Waals surface area contributed by atoms with E-state index in [9.17, 15) is 0 Å². The summed E-state index contributed by atoms with van der Waals surface area (Å²) in [4.78, 5) is 0. The van der Waals surface area contributed by atoms with Gasteiger partial charge in [0.1, 0.15) is 5.75 Å². The van der Waals surface area contributed by atoms with Crippen LogP contribution >= 0.6 is 33.9 Å². The number of fused-ring (bicyclic) bond motifs is 1. The summed E-state index contributed by atoms with van der Waals surface area (Å²) in [5, 5.41) is 3.49. The fourth-order valence-corrected chi connectivity index (χ4v) is 3.25. The van der Waals surface area contributed by atoms with E-state index < -0.39 is 0 Å². The largest absolute Gasteiger partial charge is 0.497 e. The summed E-state index contributed by atoms with van der Waals surface area (Å²) in [6.45, 7) is 2.12. The van der Waals surface area contributed by atoms with Crippen molar-refractivity contribution < 1.29 is 4.74 Å². The molecule has 0 spiro atoms. The Morgan fingerprint density at radius 3 is 2.85 bits per heavy atom. The summed E-state index contributed by atoms with van der Waals surface area (Å²) in [5.74, 6) is 0.946. The van der Waals surface area contributed by atoms with E-state index in [1.165, 1.54) is 19.2 Å². The number of rotatable bonds is 1. The number of aryl methyl sites for hydroxylation is 1. The van der Waals surface area contributed by atoms with E-state index in [1.807, 2.05) is 0 Å². The van der Waals surface area contributed by atoms with Gasteiger partial charge in [0.05, 0.1) is 7.11 Å². The molecule has 0 N–H and O–H groups in total. The summed E-state index contributed by atoms with van der Waals surface area (Å²) in [7, 11) is 1.71. The molecule has 0 bridgehead atoms. The van der Waals surface area contributed by atoms with E-state index in [1.54, 1.807) is 18.4 Å². The zero-order valence-corrected chi connectivity index (χ0v) is 10.4. The van der Waals surface area contributed by atoms with Crippen molar-refractivity contribution in [2.45, 2.75) is 6.92 Å². The Labute approximate surface area is 94.9 Å². The van der Waals surface area contributed by atoms with Crippen LogP contribution in [0.1, 0.15) is 5.56 Å². The predicted octanol–water partition coefficient (Wildman–Crippen LogP) is 3.82. The van der Waals surface area contributed by atoms with Gasteiger partial charge in [-0.05, 0) is 47.2 Å². The van der Waals surface area contributed by atoms with Crippen LogP contribution in [0.25, 0.3) is 10.1 Å². The quantitative estimate of drug-likeness (QED) is 0.728. The molecular weight excluding hydrogens is 295 g/mol. The number of thiophene rings is 1. The van der Waals surface area contributed by atoms with Crippen LogP contribution in [0.3, 0.4) is 0 Å². The molecular formula is C10H9IOS. The highest BCUT2D eigenvalue weighted by Crippen LogP contribution is 2.33. The van der Waals surface area contributed by atoms with E-state index in [2.05, 4.69) is 47.0 Å². The minimum atomic E-state index is 0.946. The SMILES string of the molecule is COc1cc(C)c2scc(I)c2c1. The van der Waals surface area contributed by atoms with Gasteiger partial charge >= 0.3 is 0 Å². The molecule has 2 rings (SSSR count). The number of hydrogen-bond donors (Lipinski definition) is 0. The van der Waals surface area contributed by atoms with Crippen LogP contribution in [-0.4, -0.2) is 7.11 Å². The van der Waals surface area contributed by atoms with Crippen molar-refractivity contribution in [2.24, 2.45) is 0 Å². The van der Waals surface area contributed by atoms with Crippen molar-refractivity contribution in [3.05, 3.63) is 26.6 Å². The van der Waals surface area contributed by atoms with Crippen LogP contribution in [0, 0.1) is 10.5 Å². The van der Waals surface area contributed by atoms with Gasteiger partial charge in [-0.2, -0.15) is 0 Å². The van der Waals surface area contributed by atoms with E-state index in [4.69, 9.17) is 4.74 Å². The van der Waals surface area contributed by atoms with Gasteiger partial charge < -0.3 is 4.74 Å². The molecule has 0 fully saturated rings. The molecule has 0 amide bonds. The van der Waals surface area contributed by atoms with E-state index in [0.717, 1.165) is 5.75 Å². The van der Waals surface area contributed by atoms with Gasteiger partial charge in [-0.15, -0.1) is 11.3 Å². The number of ether oxygens (including phenoxy) is 1. The van der Waals surface area contributed by atoms with Gasteiger partial charge in [-0.1, -0.05) is 0 Å². The third kappa shape index (κ3) is 1.55. The molecule has 2 aromatic rings. The molecule has 0 aliphatic rings. The second-order valence-corrected chi connectivity index (χ2v) is 4.95. The number of methoxy groups -OCH3 is 1. The molecule has 0 aliphatic carbocycles. The standard InChI is InChI=1S/C10H9IOS/c1-6-3-7(12-2)4-8-9(11)5-13-10(6)8/h3-5H,1-2H3. The number of benzene rings is 1. The monoisotopic (exact) mass is 304 g/mol. The van der Waals surface area contributed by atoms with Gasteiger partial charge in [0.2, 0.25) is 0 Å². The lowest BCUT2D eigenvalue weighted by Gasteiger charge is -2.02. The van der Waals surface area contributed by atoms with Crippen LogP contribution in [-0.2, 0) is 0 Å². The smallest absolute Gasteiger partial charge is 0.119 e. The van der Waals surface area contributed by atoms with Crippen LogP contribution < -0.4 is 4.74 Å². The first-order chi connectivity index (χ1) is 6.22. The Hall–Kier alpha value is -0.290. The third-order valence-electron chi connectivity index (χ3n) is 2.02. The molecule has 1 aromatic heterocycles. The van der Waals surface area contributed by atoms with Gasteiger partial charge in [0.25, 0.3) is 0 Å². The van der Waals surface area contributed by atoms with Crippen molar-refractivity contribution in [1.82, 2.24) is 0 Å². The normalized spacial score (nSPS) is 10.7. The van der Waals surface area contributed by atoms with Gasteiger partial charge in [0, 0.05) is 19.0 Å². The van der Waals surface area contributed by atoms with Gasteiger partial charge in [-0.25, -0.2) is 0 Å². The lowest BCUT2D eigenvalue weighted by atomic mass is 10.2. The number of hydrogen-bond acceptors (Lipinski definition) is 2. The van der Waals surface area contributed by atoms with Crippen molar-refractivity contribution in [2.75, 3.05) is 7.11 Å². The summed E-state index contributed by atoms with van der Waals surface area (Å²) < 4.78 is 7.90. The van der Waals surface area contributed by atoms with Crippen LogP contribution in [0.2, 0.25) is 0 Å². The fourth-order valence-electron chi connectivity index (χ4n) is 1.37. The van der Waals surface area contributed by atoms with Gasteiger partial charge in [0.15, 0.2) is 0 Å². The van der Waals surface area contributed by atoms with E-state index >= 15 is 0 Å². The van der Waals surface area contributed by atoms with Crippen molar-refractivity contribution >= 4 is 44.0 Å². The second kappa shape index (κ2) is 3.46. The third-order valence-corrected chi connectivity index (χ3v) is 4.47. The van der Waals surface area contributed by atoms with Crippen LogP contribution in [0.4, 0.5) is 0 Å². The van der Waals surface area contributed by atoms with Crippen LogP contribution in [0.15, 0.2) is 17.5 Å². The zero-order valence-electron chi connectivity index (χ0n) is 7.43. The van der Waals surface area contributed by atoms with Crippen molar-refractivity contribution in [1.29, 1.82) is 0 Å². The highest BCUT2D eigenvalue weighted by atomic mass is 127. The molecule has 0 saturated carbocycles. The summed E-state index contributed by atoms with van der Waals surface area (Å²) in [6, 6.07) is 4.18. The summed E-state index contributed by atoms with van der Waals surface area (Å²) in [5.41, 5.74) is 1.29. The molecule has 3 heteroatoms. The maximum absolute atomic E-state index is 5.23. The fraction of sp³-hybridized carbons (Fsp3) is 0.200. The molecule has 0 aliphatic heterocycles. The maximum atomic E-state index is 5.23. The molecule has 1 heterocycles. The summed E-state index contributed by atoms with van der Waals surface area (Å²) in [6.07, 6.45) is 0. The Morgan fingerprint density at radius 1 is 1.38 bits per heavy atom. The molecule has 13 heavy (non-hydrogen) atoms. The second-order valence-electron chi connectivity index (χ2n) is 2.90.